The van der Waals surface area contributed by atoms with E-state index in [1.807, 2.05) is 11.8 Å². The van der Waals surface area contributed by atoms with Crippen LogP contribution in [-0.4, -0.2) is 45.6 Å². The zero-order valence-electron chi connectivity index (χ0n) is 19.0. The first-order valence-electron chi connectivity index (χ1n) is 11.0. The number of anilines is 1. The van der Waals surface area contributed by atoms with E-state index in [9.17, 15) is 18.0 Å². The van der Waals surface area contributed by atoms with Crippen LogP contribution in [0, 0.1) is 0 Å². The number of hydrogen-bond acceptors (Lipinski definition) is 6. The molecular formula is C22H31F3N6O. The predicted molar refractivity (Wildman–Crippen MR) is 117 cm³/mol. The summed E-state index contributed by atoms with van der Waals surface area (Å²) >= 11 is 0. The summed E-state index contributed by atoms with van der Waals surface area (Å²) in [6.45, 7) is 9.25. The molecular weight excluding hydrogens is 421 g/mol. The van der Waals surface area contributed by atoms with Crippen LogP contribution in [0.3, 0.4) is 0 Å². The van der Waals surface area contributed by atoms with Gasteiger partial charge < -0.3 is 15.2 Å². The average Bonchev–Trinajstić information content (AvgIpc) is 2.96. The highest BCUT2D eigenvalue weighted by Crippen LogP contribution is 2.35. The molecule has 2 aromatic heterocycles. The van der Waals surface area contributed by atoms with Crippen LogP contribution in [-0.2, 0) is 11.6 Å². The molecule has 1 saturated heterocycles. The van der Waals surface area contributed by atoms with E-state index < -0.39 is 17.3 Å². The SMILES string of the molecule is CCCC(c1nccc(=O)[nH]1)C1CNCCCN1c1cc(C(F)(F)F)nc(C(C)(C)C)n1. The molecule has 7 nitrogen and oxygen atoms in total. The molecule has 2 aromatic rings. The molecule has 0 aliphatic carbocycles. The second-order valence-corrected chi connectivity index (χ2v) is 9.22. The molecule has 0 saturated carbocycles. The second kappa shape index (κ2) is 9.56. The van der Waals surface area contributed by atoms with E-state index in [-0.39, 0.29) is 29.2 Å². The molecule has 32 heavy (non-hydrogen) atoms. The summed E-state index contributed by atoms with van der Waals surface area (Å²) in [5, 5.41) is 3.38. The van der Waals surface area contributed by atoms with Crippen molar-refractivity contribution in [2.24, 2.45) is 0 Å². The number of aromatic amines is 1. The Morgan fingerprint density at radius 2 is 2.00 bits per heavy atom. The zero-order chi connectivity index (χ0) is 23.5. The van der Waals surface area contributed by atoms with Crippen LogP contribution in [0.25, 0.3) is 0 Å². The Kier molecular flexibility index (Phi) is 7.22. The number of rotatable bonds is 5. The Labute approximate surface area is 185 Å². The maximum absolute atomic E-state index is 13.7. The van der Waals surface area contributed by atoms with Crippen molar-refractivity contribution in [2.45, 2.75) is 70.5 Å². The Balaban J connectivity index is 2.13. The highest BCUT2D eigenvalue weighted by atomic mass is 19.4. The summed E-state index contributed by atoms with van der Waals surface area (Å²) < 4.78 is 41.1. The topological polar surface area (TPSA) is 86.8 Å². The summed E-state index contributed by atoms with van der Waals surface area (Å²) in [5.74, 6) is 0.767. The molecule has 0 bridgehead atoms. The van der Waals surface area contributed by atoms with E-state index in [2.05, 4.69) is 25.3 Å². The van der Waals surface area contributed by atoms with Crippen molar-refractivity contribution in [3.05, 3.63) is 46.0 Å². The zero-order valence-corrected chi connectivity index (χ0v) is 19.0. The molecule has 0 radical (unpaired) electrons. The molecule has 0 aromatic carbocycles. The van der Waals surface area contributed by atoms with Crippen molar-refractivity contribution in [3.8, 4) is 0 Å². The summed E-state index contributed by atoms with van der Waals surface area (Å²) in [6, 6.07) is 2.16. The van der Waals surface area contributed by atoms with Crippen LogP contribution in [0.1, 0.15) is 70.2 Å². The number of halogens is 3. The molecule has 3 rings (SSSR count). The van der Waals surface area contributed by atoms with Gasteiger partial charge in [-0.2, -0.15) is 13.2 Å². The lowest BCUT2D eigenvalue weighted by Gasteiger charge is -2.37. The summed E-state index contributed by atoms with van der Waals surface area (Å²) in [5.41, 5.74) is -1.84. The van der Waals surface area contributed by atoms with Gasteiger partial charge in [0.05, 0.1) is 6.04 Å². The third-order valence-corrected chi connectivity index (χ3v) is 5.58. The van der Waals surface area contributed by atoms with Crippen LogP contribution < -0.4 is 15.8 Å². The predicted octanol–water partition coefficient (Wildman–Crippen LogP) is 3.63. The van der Waals surface area contributed by atoms with Crippen molar-refractivity contribution in [1.82, 2.24) is 25.3 Å². The van der Waals surface area contributed by atoms with Crippen LogP contribution in [0.2, 0.25) is 0 Å². The first-order chi connectivity index (χ1) is 15.0. The number of hydrogen-bond donors (Lipinski definition) is 2. The molecule has 10 heteroatoms. The van der Waals surface area contributed by atoms with Gasteiger partial charge >= 0.3 is 6.18 Å². The number of nitrogens with zero attached hydrogens (tertiary/aromatic N) is 4. The van der Waals surface area contributed by atoms with E-state index in [4.69, 9.17) is 0 Å². The van der Waals surface area contributed by atoms with Crippen molar-refractivity contribution in [2.75, 3.05) is 24.5 Å². The van der Waals surface area contributed by atoms with Gasteiger partial charge in [0.2, 0.25) is 0 Å². The minimum absolute atomic E-state index is 0.150. The normalized spacial score (nSPS) is 19.0. The maximum atomic E-state index is 13.7. The second-order valence-electron chi connectivity index (χ2n) is 9.22. The summed E-state index contributed by atoms with van der Waals surface area (Å²) in [4.78, 5) is 29.5. The minimum atomic E-state index is -4.58. The first kappa shape index (κ1) is 24.2. The fraction of sp³-hybridized carbons (Fsp3) is 0.636. The van der Waals surface area contributed by atoms with Gasteiger partial charge in [-0.1, -0.05) is 34.1 Å². The van der Waals surface area contributed by atoms with Crippen molar-refractivity contribution < 1.29 is 13.2 Å². The molecule has 0 spiro atoms. The standard InChI is InChI=1S/C22H31F3N6O/c1-5-7-14(19-27-10-8-18(32)30-19)15-13-26-9-6-11-31(15)17-12-16(22(23,24)25)28-20(29-17)21(2,3)4/h8,10,12,14-15,26H,5-7,9,11,13H2,1-4H3,(H,27,30,32). The monoisotopic (exact) mass is 452 g/mol. The van der Waals surface area contributed by atoms with Gasteiger partial charge in [-0.05, 0) is 19.4 Å². The van der Waals surface area contributed by atoms with Crippen LogP contribution >= 0.6 is 0 Å². The molecule has 1 aliphatic rings. The van der Waals surface area contributed by atoms with E-state index in [0.29, 0.717) is 18.9 Å². The van der Waals surface area contributed by atoms with Gasteiger partial charge in [0.25, 0.3) is 5.56 Å². The van der Waals surface area contributed by atoms with Crippen LogP contribution in [0.5, 0.6) is 0 Å². The van der Waals surface area contributed by atoms with E-state index in [0.717, 1.165) is 31.9 Å². The third-order valence-electron chi connectivity index (χ3n) is 5.58. The smallest absolute Gasteiger partial charge is 0.351 e. The van der Waals surface area contributed by atoms with Gasteiger partial charge in [-0.15, -0.1) is 0 Å². The fourth-order valence-corrected chi connectivity index (χ4v) is 4.00. The molecule has 1 fully saturated rings. The number of H-pyrrole nitrogens is 1. The molecule has 2 atom stereocenters. The first-order valence-corrected chi connectivity index (χ1v) is 11.0. The maximum Gasteiger partial charge on any atom is 0.433 e. The number of alkyl halides is 3. The van der Waals surface area contributed by atoms with Crippen LogP contribution in [0.4, 0.5) is 19.0 Å². The van der Waals surface area contributed by atoms with Gasteiger partial charge in [-0.25, -0.2) is 15.0 Å². The lowest BCUT2D eigenvalue weighted by atomic mass is 9.92. The summed E-state index contributed by atoms with van der Waals surface area (Å²) in [7, 11) is 0. The van der Waals surface area contributed by atoms with E-state index >= 15 is 0 Å². The van der Waals surface area contributed by atoms with E-state index in [1.165, 1.54) is 12.3 Å². The van der Waals surface area contributed by atoms with Gasteiger partial charge in [0.15, 0.2) is 0 Å². The Bertz CT molecular complexity index is 937. The van der Waals surface area contributed by atoms with Crippen molar-refractivity contribution in [3.63, 3.8) is 0 Å². The molecule has 2 N–H and O–H groups in total. The quantitative estimate of drug-likeness (QED) is 0.721. The Morgan fingerprint density at radius 1 is 1.25 bits per heavy atom. The van der Waals surface area contributed by atoms with Gasteiger partial charge in [-0.3, -0.25) is 4.79 Å². The molecule has 3 heterocycles. The van der Waals surface area contributed by atoms with E-state index in [1.54, 1.807) is 20.8 Å². The molecule has 1 aliphatic heterocycles. The fourth-order valence-electron chi connectivity index (χ4n) is 4.00. The highest BCUT2D eigenvalue weighted by molar-refractivity contribution is 5.44. The highest BCUT2D eigenvalue weighted by Gasteiger charge is 2.38. The lowest BCUT2D eigenvalue weighted by Crippen LogP contribution is -2.45. The van der Waals surface area contributed by atoms with Crippen LogP contribution in [0.15, 0.2) is 23.1 Å². The average molecular weight is 453 g/mol. The van der Waals surface area contributed by atoms with Gasteiger partial charge in [0, 0.05) is 42.8 Å². The molecule has 176 valence electrons. The van der Waals surface area contributed by atoms with Crippen molar-refractivity contribution in [1.29, 1.82) is 0 Å². The minimum Gasteiger partial charge on any atom is -0.351 e. The number of nitrogens with one attached hydrogen (secondary N) is 2. The molecule has 2 unspecified atom stereocenters. The lowest BCUT2D eigenvalue weighted by molar-refractivity contribution is -0.141. The Morgan fingerprint density at radius 3 is 2.62 bits per heavy atom. The third kappa shape index (κ3) is 5.65. The Hall–Kier alpha value is -2.49. The summed E-state index contributed by atoms with van der Waals surface area (Å²) in [6.07, 6.45) is -0.802. The number of aromatic nitrogens is 4. The van der Waals surface area contributed by atoms with Crippen molar-refractivity contribution >= 4 is 5.82 Å². The largest absolute Gasteiger partial charge is 0.433 e. The molecule has 0 amide bonds. The van der Waals surface area contributed by atoms with Gasteiger partial charge in [0.1, 0.15) is 23.2 Å².